The molecule has 4 nitrogen and oxygen atoms in total. The Morgan fingerprint density at radius 2 is 1.80 bits per heavy atom. The summed E-state index contributed by atoms with van der Waals surface area (Å²) in [7, 11) is 0. The van der Waals surface area contributed by atoms with Crippen LogP contribution in [0.5, 0.6) is 5.75 Å². The monoisotopic (exact) mass is 405 g/mol. The number of nitriles is 1. The minimum Gasteiger partial charge on any atom is -0.492 e. The molecule has 0 aliphatic carbocycles. The molecule has 6 heteroatoms. The van der Waals surface area contributed by atoms with E-state index in [4.69, 9.17) is 10.00 Å². The maximum atomic E-state index is 14.5. The first-order valence-electron chi connectivity index (χ1n) is 9.93. The summed E-state index contributed by atoms with van der Waals surface area (Å²) >= 11 is 0. The summed E-state index contributed by atoms with van der Waals surface area (Å²) in [5, 5.41) is 12.4. The number of rotatable bonds is 5. The molecule has 0 amide bonds. The number of nitrogens with one attached hydrogen (secondary N) is 1. The second-order valence-corrected chi connectivity index (χ2v) is 7.38. The molecule has 0 atom stereocenters. The van der Waals surface area contributed by atoms with Gasteiger partial charge in [0.2, 0.25) is 0 Å². The van der Waals surface area contributed by atoms with Crippen molar-refractivity contribution >= 4 is 0 Å². The van der Waals surface area contributed by atoms with Gasteiger partial charge in [0.1, 0.15) is 17.4 Å². The third kappa shape index (κ3) is 4.47. The van der Waals surface area contributed by atoms with Crippen LogP contribution < -0.4 is 10.1 Å². The predicted octanol–water partition coefficient (Wildman–Crippen LogP) is 4.94. The van der Waals surface area contributed by atoms with Crippen molar-refractivity contribution in [2.75, 3.05) is 19.7 Å². The minimum atomic E-state index is -0.680. The molecule has 2 heterocycles. The molecule has 152 valence electrons. The van der Waals surface area contributed by atoms with E-state index in [1.807, 2.05) is 6.07 Å². The van der Waals surface area contributed by atoms with E-state index in [0.29, 0.717) is 35.1 Å². The van der Waals surface area contributed by atoms with Crippen LogP contribution in [0.2, 0.25) is 0 Å². The molecule has 1 N–H and O–H groups in total. The molecular formula is C24H21F2N3O. The van der Waals surface area contributed by atoms with Gasteiger partial charge in [0.05, 0.1) is 30.1 Å². The molecule has 1 saturated heterocycles. The molecule has 0 saturated carbocycles. The largest absolute Gasteiger partial charge is 0.492 e. The van der Waals surface area contributed by atoms with Crippen molar-refractivity contribution in [1.82, 2.24) is 10.3 Å². The van der Waals surface area contributed by atoms with E-state index in [1.54, 1.807) is 30.5 Å². The SMILES string of the molecule is N#Cc1ccc(-c2cc(OCC3CCNCC3)cnc2-c2ccc(F)cc2F)cc1. The van der Waals surface area contributed by atoms with Gasteiger partial charge in [0, 0.05) is 17.2 Å². The zero-order valence-corrected chi connectivity index (χ0v) is 16.4. The first kappa shape index (κ1) is 20.0. The molecule has 1 fully saturated rings. The number of halogens is 2. The fraction of sp³-hybridized carbons (Fsp3) is 0.250. The third-order valence-electron chi connectivity index (χ3n) is 5.32. The van der Waals surface area contributed by atoms with Crippen LogP contribution in [0.3, 0.4) is 0 Å². The van der Waals surface area contributed by atoms with Crippen molar-refractivity contribution in [2.45, 2.75) is 12.8 Å². The molecule has 30 heavy (non-hydrogen) atoms. The molecule has 1 aromatic heterocycles. The quantitative estimate of drug-likeness (QED) is 0.653. The minimum absolute atomic E-state index is 0.209. The van der Waals surface area contributed by atoms with E-state index >= 15 is 0 Å². The van der Waals surface area contributed by atoms with Crippen molar-refractivity contribution in [2.24, 2.45) is 5.92 Å². The summed E-state index contributed by atoms with van der Waals surface area (Å²) in [5.74, 6) is -0.239. The molecule has 1 aliphatic heterocycles. The van der Waals surface area contributed by atoms with Crippen LogP contribution in [0.4, 0.5) is 8.78 Å². The second kappa shape index (κ2) is 9.02. The number of pyridine rings is 1. The van der Waals surface area contributed by atoms with E-state index < -0.39 is 11.6 Å². The van der Waals surface area contributed by atoms with Gasteiger partial charge in [-0.05, 0) is 67.7 Å². The molecule has 0 bridgehead atoms. The van der Waals surface area contributed by atoms with Crippen LogP contribution in [-0.4, -0.2) is 24.7 Å². The molecule has 0 radical (unpaired) electrons. The fourth-order valence-electron chi connectivity index (χ4n) is 3.63. The Morgan fingerprint density at radius 3 is 2.50 bits per heavy atom. The molecule has 0 spiro atoms. The van der Waals surface area contributed by atoms with Crippen molar-refractivity contribution < 1.29 is 13.5 Å². The van der Waals surface area contributed by atoms with Gasteiger partial charge in [-0.15, -0.1) is 0 Å². The van der Waals surface area contributed by atoms with Crippen LogP contribution in [0.15, 0.2) is 54.7 Å². The van der Waals surface area contributed by atoms with Gasteiger partial charge < -0.3 is 10.1 Å². The van der Waals surface area contributed by atoms with E-state index in [2.05, 4.69) is 16.4 Å². The number of hydrogen-bond acceptors (Lipinski definition) is 4. The van der Waals surface area contributed by atoms with Crippen LogP contribution >= 0.6 is 0 Å². The summed E-state index contributed by atoms with van der Waals surface area (Å²) in [4.78, 5) is 4.46. The summed E-state index contributed by atoms with van der Waals surface area (Å²) < 4.78 is 33.9. The highest BCUT2D eigenvalue weighted by atomic mass is 19.1. The highest BCUT2D eigenvalue weighted by molar-refractivity contribution is 5.82. The Balaban J connectivity index is 1.70. The van der Waals surface area contributed by atoms with Crippen molar-refractivity contribution in [1.29, 1.82) is 5.26 Å². The number of benzene rings is 2. The topological polar surface area (TPSA) is 57.9 Å². The lowest BCUT2D eigenvalue weighted by molar-refractivity contribution is 0.215. The van der Waals surface area contributed by atoms with Crippen molar-refractivity contribution in [3.05, 3.63) is 71.9 Å². The molecule has 0 unspecified atom stereocenters. The van der Waals surface area contributed by atoms with E-state index in [0.717, 1.165) is 37.6 Å². The summed E-state index contributed by atoms with van der Waals surface area (Å²) in [6, 6.07) is 14.3. The standard InChI is InChI=1S/C24H21F2N3O/c25-19-5-6-21(23(26)11-19)24-22(18-3-1-16(13-27)2-4-18)12-20(14-29-24)30-15-17-7-9-28-10-8-17/h1-6,11-12,14,17,28H,7-10,15H2. The van der Waals surface area contributed by atoms with Gasteiger partial charge in [0.25, 0.3) is 0 Å². The third-order valence-corrected chi connectivity index (χ3v) is 5.32. The fourth-order valence-corrected chi connectivity index (χ4v) is 3.63. The summed E-state index contributed by atoms with van der Waals surface area (Å²) in [5.41, 5.74) is 2.56. The number of aromatic nitrogens is 1. The molecule has 1 aliphatic rings. The average molecular weight is 405 g/mol. The maximum absolute atomic E-state index is 14.5. The maximum Gasteiger partial charge on any atom is 0.138 e. The average Bonchev–Trinajstić information content (AvgIpc) is 2.78. The van der Waals surface area contributed by atoms with Gasteiger partial charge in [-0.25, -0.2) is 8.78 Å². The molecule has 4 rings (SSSR count). The smallest absolute Gasteiger partial charge is 0.138 e. The first-order valence-corrected chi connectivity index (χ1v) is 9.93. The highest BCUT2D eigenvalue weighted by Gasteiger charge is 2.17. The van der Waals surface area contributed by atoms with E-state index in [1.165, 1.54) is 12.1 Å². The lowest BCUT2D eigenvalue weighted by Crippen LogP contribution is -2.30. The molecule has 2 aromatic carbocycles. The summed E-state index contributed by atoms with van der Waals surface area (Å²) in [6.07, 6.45) is 3.70. The molecular weight excluding hydrogens is 384 g/mol. The Labute approximate surface area is 174 Å². The van der Waals surface area contributed by atoms with Crippen LogP contribution in [0.25, 0.3) is 22.4 Å². The lowest BCUT2D eigenvalue weighted by Gasteiger charge is -2.22. The number of nitrogens with zero attached hydrogens (tertiary/aromatic N) is 2. The Morgan fingerprint density at radius 1 is 1.03 bits per heavy atom. The summed E-state index contributed by atoms with van der Waals surface area (Å²) in [6.45, 7) is 2.58. The highest BCUT2D eigenvalue weighted by Crippen LogP contribution is 2.35. The number of ether oxygens (including phenoxy) is 1. The van der Waals surface area contributed by atoms with Crippen LogP contribution in [0, 0.1) is 28.9 Å². The normalized spacial score (nSPS) is 14.3. The van der Waals surface area contributed by atoms with Crippen LogP contribution in [0.1, 0.15) is 18.4 Å². The van der Waals surface area contributed by atoms with Gasteiger partial charge in [-0.3, -0.25) is 4.98 Å². The number of piperidine rings is 1. The zero-order valence-electron chi connectivity index (χ0n) is 16.4. The van der Waals surface area contributed by atoms with Crippen molar-refractivity contribution in [3.63, 3.8) is 0 Å². The Bertz CT molecular complexity index is 1070. The van der Waals surface area contributed by atoms with Gasteiger partial charge in [-0.1, -0.05) is 12.1 Å². The van der Waals surface area contributed by atoms with Crippen LogP contribution in [-0.2, 0) is 0 Å². The van der Waals surface area contributed by atoms with E-state index in [9.17, 15) is 8.78 Å². The second-order valence-electron chi connectivity index (χ2n) is 7.38. The molecule has 3 aromatic rings. The van der Waals surface area contributed by atoms with Gasteiger partial charge >= 0.3 is 0 Å². The Hall–Kier alpha value is -3.30. The van der Waals surface area contributed by atoms with E-state index in [-0.39, 0.29) is 5.56 Å². The first-order chi connectivity index (χ1) is 14.6. The zero-order chi connectivity index (χ0) is 20.9. The van der Waals surface area contributed by atoms with Crippen molar-refractivity contribution in [3.8, 4) is 34.2 Å². The van der Waals surface area contributed by atoms with Gasteiger partial charge in [-0.2, -0.15) is 5.26 Å². The predicted molar refractivity (Wildman–Crippen MR) is 111 cm³/mol. The Kier molecular flexibility index (Phi) is 6.01. The van der Waals surface area contributed by atoms with Gasteiger partial charge in [0.15, 0.2) is 0 Å². The number of hydrogen-bond donors (Lipinski definition) is 1. The lowest BCUT2D eigenvalue weighted by atomic mass is 9.97.